The Labute approximate surface area is 159 Å². The maximum Gasteiger partial charge on any atom is 0.318 e. The molecule has 0 aliphatic carbocycles. The number of urea groups is 1. The number of hydrogen-bond donors (Lipinski definition) is 2. The summed E-state index contributed by atoms with van der Waals surface area (Å²) in [6.45, 7) is 3.85. The quantitative estimate of drug-likeness (QED) is 0.532. The number of carbonyl (C=O) groups excluding carboxylic acids is 2. The van der Waals surface area contributed by atoms with Crippen LogP contribution in [0.25, 0.3) is 16.6 Å². The first-order chi connectivity index (χ1) is 12.9. The highest BCUT2D eigenvalue weighted by Gasteiger charge is 2.16. The molecule has 2 aromatic carbocycles. The number of carbonyl (C=O) groups is 2. The second-order valence-electron chi connectivity index (χ2n) is 6.04. The molecule has 0 aliphatic heterocycles. The Morgan fingerprint density at radius 3 is 2.67 bits per heavy atom. The molecule has 138 valence electrons. The maximum absolute atomic E-state index is 13.2. The molecule has 0 atom stereocenters. The Morgan fingerprint density at radius 1 is 1.19 bits per heavy atom. The van der Waals surface area contributed by atoms with Gasteiger partial charge in [-0.1, -0.05) is 36.0 Å². The molecule has 1 heterocycles. The van der Waals surface area contributed by atoms with Gasteiger partial charge in [-0.25, -0.2) is 9.78 Å². The Balaban J connectivity index is 2.16. The molecule has 3 rings (SSSR count). The largest absolute Gasteiger partial charge is 0.351 e. The number of nitrogens with one attached hydrogen (secondary N) is 1. The van der Waals surface area contributed by atoms with Gasteiger partial charge in [-0.2, -0.15) is 0 Å². The second-order valence-corrected chi connectivity index (χ2v) is 6.99. The van der Waals surface area contributed by atoms with Crippen LogP contribution >= 0.6 is 11.8 Å². The number of rotatable bonds is 4. The van der Waals surface area contributed by atoms with Crippen LogP contribution in [0.1, 0.15) is 11.1 Å². The van der Waals surface area contributed by atoms with Gasteiger partial charge >= 0.3 is 6.03 Å². The SMILES string of the molecule is Cc1ccc(C)c(-n2c(SCC(=O)NC(N)=O)nc3ccccc3c2=O)c1. The number of primary amides is 1. The van der Waals surface area contributed by atoms with Crippen LogP contribution in [-0.2, 0) is 4.79 Å². The molecule has 0 fully saturated rings. The van der Waals surface area contributed by atoms with Crippen molar-refractivity contribution in [1.82, 2.24) is 14.9 Å². The number of benzene rings is 2. The highest BCUT2D eigenvalue weighted by molar-refractivity contribution is 7.99. The first kappa shape index (κ1) is 18.7. The minimum Gasteiger partial charge on any atom is -0.351 e. The van der Waals surface area contributed by atoms with Gasteiger partial charge in [0.25, 0.3) is 5.56 Å². The van der Waals surface area contributed by atoms with Gasteiger partial charge in [-0.3, -0.25) is 19.5 Å². The molecule has 0 saturated carbocycles. The van der Waals surface area contributed by atoms with E-state index in [1.165, 1.54) is 4.57 Å². The van der Waals surface area contributed by atoms with E-state index in [-0.39, 0.29) is 11.3 Å². The topological polar surface area (TPSA) is 107 Å². The highest BCUT2D eigenvalue weighted by atomic mass is 32.2. The molecule has 0 spiro atoms. The van der Waals surface area contributed by atoms with Crippen LogP contribution in [0.2, 0.25) is 0 Å². The van der Waals surface area contributed by atoms with Crippen molar-refractivity contribution in [2.45, 2.75) is 19.0 Å². The van der Waals surface area contributed by atoms with Crippen LogP contribution < -0.4 is 16.6 Å². The van der Waals surface area contributed by atoms with Crippen molar-refractivity contribution in [2.75, 3.05) is 5.75 Å². The zero-order chi connectivity index (χ0) is 19.6. The third kappa shape index (κ3) is 4.01. The molecule has 8 heteroatoms. The van der Waals surface area contributed by atoms with Crippen LogP contribution in [-0.4, -0.2) is 27.2 Å². The fraction of sp³-hybridized carbons (Fsp3) is 0.158. The fourth-order valence-electron chi connectivity index (χ4n) is 2.69. The van der Waals surface area contributed by atoms with Gasteiger partial charge in [0.2, 0.25) is 5.91 Å². The van der Waals surface area contributed by atoms with E-state index in [0.717, 1.165) is 22.9 Å². The van der Waals surface area contributed by atoms with Crippen LogP contribution in [0.5, 0.6) is 0 Å². The molecular formula is C19H18N4O3S. The number of para-hydroxylation sites is 1. The molecule has 1 aromatic heterocycles. The van der Waals surface area contributed by atoms with Crippen molar-refractivity contribution in [3.63, 3.8) is 0 Å². The predicted molar refractivity (Wildman–Crippen MR) is 105 cm³/mol. The average Bonchev–Trinajstić information content (AvgIpc) is 2.62. The lowest BCUT2D eigenvalue weighted by atomic mass is 10.1. The summed E-state index contributed by atoms with van der Waals surface area (Å²) in [6.07, 6.45) is 0. The number of amides is 3. The average molecular weight is 382 g/mol. The van der Waals surface area contributed by atoms with E-state index in [4.69, 9.17) is 5.73 Å². The van der Waals surface area contributed by atoms with Crippen molar-refractivity contribution >= 4 is 34.6 Å². The van der Waals surface area contributed by atoms with Gasteiger partial charge in [0.1, 0.15) is 0 Å². The molecule has 3 N–H and O–H groups in total. The molecular weight excluding hydrogens is 364 g/mol. The highest BCUT2D eigenvalue weighted by Crippen LogP contribution is 2.23. The lowest BCUT2D eigenvalue weighted by Crippen LogP contribution is -2.36. The summed E-state index contributed by atoms with van der Waals surface area (Å²) < 4.78 is 1.51. The van der Waals surface area contributed by atoms with Gasteiger partial charge in [0, 0.05) is 0 Å². The number of hydrogen-bond acceptors (Lipinski definition) is 5. The van der Waals surface area contributed by atoms with E-state index >= 15 is 0 Å². The first-order valence-electron chi connectivity index (χ1n) is 8.18. The lowest BCUT2D eigenvalue weighted by Gasteiger charge is -2.15. The Bertz CT molecular complexity index is 1110. The van der Waals surface area contributed by atoms with E-state index in [2.05, 4.69) is 4.98 Å². The van der Waals surface area contributed by atoms with Crippen LogP contribution in [0.4, 0.5) is 4.79 Å². The number of imide groups is 1. The smallest absolute Gasteiger partial charge is 0.318 e. The summed E-state index contributed by atoms with van der Waals surface area (Å²) in [5.41, 5.74) is 7.90. The molecule has 0 saturated heterocycles. The number of aryl methyl sites for hydroxylation is 2. The van der Waals surface area contributed by atoms with Gasteiger partial charge in [-0.15, -0.1) is 0 Å². The summed E-state index contributed by atoms with van der Waals surface area (Å²) in [5.74, 6) is -0.652. The predicted octanol–water partition coefficient (Wildman–Crippen LogP) is 2.29. The molecule has 0 aliphatic rings. The van der Waals surface area contributed by atoms with E-state index in [0.29, 0.717) is 21.7 Å². The number of nitrogens with two attached hydrogens (primary N) is 1. The molecule has 0 unspecified atom stereocenters. The number of thioether (sulfide) groups is 1. The van der Waals surface area contributed by atoms with E-state index in [1.807, 2.05) is 37.4 Å². The van der Waals surface area contributed by atoms with Gasteiger partial charge in [0.15, 0.2) is 5.16 Å². The second kappa shape index (κ2) is 7.63. The number of nitrogens with zero attached hydrogens (tertiary/aromatic N) is 2. The zero-order valence-electron chi connectivity index (χ0n) is 14.9. The number of fused-ring (bicyclic) bond motifs is 1. The summed E-state index contributed by atoms with van der Waals surface area (Å²) >= 11 is 1.07. The summed E-state index contributed by atoms with van der Waals surface area (Å²) in [4.78, 5) is 40.4. The Hall–Kier alpha value is -3.13. The third-order valence-electron chi connectivity index (χ3n) is 3.95. The lowest BCUT2D eigenvalue weighted by molar-refractivity contribution is -0.117. The van der Waals surface area contributed by atoms with Crippen molar-refractivity contribution in [3.05, 3.63) is 63.9 Å². The minimum atomic E-state index is -0.918. The third-order valence-corrected chi connectivity index (χ3v) is 4.88. The van der Waals surface area contributed by atoms with Crippen molar-refractivity contribution in [1.29, 1.82) is 0 Å². The first-order valence-corrected chi connectivity index (χ1v) is 9.17. The Morgan fingerprint density at radius 2 is 1.93 bits per heavy atom. The van der Waals surface area contributed by atoms with Crippen molar-refractivity contribution in [2.24, 2.45) is 5.73 Å². The molecule has 7 nitrogen and oxygen atoms in total. The van der Waals surface area contributed by atoms with Crippen molar-refractivity contribution in [3.8, 4) is 5.69 Å². The molecule has 3 aromatic rings. The monoisotopic (exact) mass is 382 g/mol. The van der Waals surface area contributed by atoms with E-state index in [1.54, 1.807) is 24.3 Å². The van der Waals surface area contributed by atoms with Crippen LogP contribution in [0.15, 0.2) is 52.4 Å². The minimum absolute atomic E-state index is 0.0986. The van der Waals surface area contributed by atoms with Crippen LogP contribution in [0.3, 0.4) is 0 Å². The molecule has 27 heavy (non-hydrogen) atoms. The Kier molecular flexibility index (Phi) is 5.27. The summed E-state index contributed by atoms with van der Waals surface area (Å²) in [6, 6.07) is 11.9. The van der Waals surface area contributed by atoms with E-state index < -0.39 is 11.9 Å². The molecule has 0 radical (unpaired) electrons. The van der Waals surface area contributed by atoms with Crippen molar-refractivity contribution < 1.29 is 9.59 Å². The standard InChI is InChI=1S/C19H18N4O3S/c1-11-7-8-12(2)15(9-11)23-17(25)13-5-3-4-6-14(13)21-19(23)27-10-16(24)22-18(20)26/h3-9H,10H2,1-2H3,(H3,20,22,24,26). The van der Waals surface area contributed by atoms with Crippen LogP contribution in [0, 0.1) is 13.8 Å². The summed E-state index contributed by atoms with van der Waals surface area (Å²) in [7, 11) is 0. The zero-order valence-corrected chi connectivity index (χ0v) is 15.7. The van der Waals surface area contributed by atoms with Gasteiger partial charge in [0.05, 0.1) is 22.3 Å². The molecule has 0 bridgehead atoms. The normalized spacial score (nSPS) is 10.7. The van der Waals surface area contributed by atoms with Gasteiger partial charge in [-0.05, 0) is 43.2 Å². The van der Waals surface area contributed by atoms with Gasteiger partial charge < -0.3 is 5.73 Å². The molecule has 3 amide bonds. The fourth-order valence-corrected chi connectivity index (χ4v) is 3.49. The van der Waals surface area contributed by atoms with E-state index in [9.17, 15) is 14.4 Å². The maximum atomic E-state index is 13.2. The number of aromatic nitrogens is 2. The summed E-state index contributed by atoms with van der Waals surface area (Å²) in [5, 5.41) is 2.87.